The number of amides is 2. The molecule has 8 heteroatoms. The van der Waals surface area contributed by atoms with Crippen LogP contribution >= 0.6 is 11.8 Å². The van der Waals surface area contributed by atoms with Gasteiger partial charge in [0.05, 0.1) is 17.8 Å². The minimum atomic E-state index is -1.51. The highest BCUT2D eigenvalue weighted by molar-refractivity contribution is 8.01. The maximum atomic E-state index is 14.4. The number of nitrogens with zero attached hydrogens (tertiary/aromatic N) is 2. The highest BCUT2D eigenvalue weighted by atomic mass is 32.2. The van der Waals surface area contributed by atoms with Crippen molar-refractivity contribution >= 4 is 29.3 Å². The topological polar surface area (TPSA) is 40.6 Å². The van der Waals surface area contributed by atoms with Crippen LogP contribution < -0.4 is 4.90 Å². The molecule has 0 saturated carbocycles. The van der Waals surface area contributed by atoms with Crippen LogP contribution in [-0.4, -0.2) is 29.0 Å². The van der Waals surface area contributed by atoms with Crippen LogP contribution in [0.5, 0.6) is 0 Å². The Hall–Kier alpha value is -3.26. The first-order chi connectivity index (χ1) is 15.4. The van der Waals surface area contributed by atoms with E-state index in [2.05, 4.69) is 0 Å². The van der Waals surface area contributed by atoms with Crippen molar-refractivity contribution < 1.29 is 22.8 Å². The van der Waals surface area contributed by atoms with Gasteiger partial charge in [-0.1, -0.05) is 24.3 Å². The Morgan fingerprint density at radius 1 is 0.969 bits per heavy atom. The van der Waals surface area contributed by atoms with Crippen LogP contribution in [0, 0.1) is 17.5 Å². The molecule has 2 aliphatic rings. The molecule has 0 aromatic heterocycles. The fourth-order valence-electron chi connectivity index (χ4n) is 4.34. The van der Waals surface area contributed by atoms with Crippen molar-refractivity contribution in [3.05, 3.63) is 101 Å². The Morgan fingerprint density at radius 2 is 1.75 bits per heavy atom. The lowest BCUT2D eigenvalue weighted by atomic mass is 10.0. The first kappa shape index (κ1) is 20.6. The molecule has 32 heavy (non-hydrogen) atoms. The molecule has 3 aromatic carbocycles. The van der Waals surface area contributed by atoms with Crippen LogP contribution in [0.25, 0.3) is 0 Å². The molecule has 2 aliphatic heterocycles. The van der Waals surface area contributed by atoms with E-state index in [1.807, 2.05) is 0 Å². The maximum absolute atomic E-state index is 14.4. The molecule has 162 valence electrons. The monoisotopic (exact) mass is 454 g/mol. The zero-order valence-corrected chi connectivity index (χ0v) is 17.5. The number of fused-ring (bicyclic) bond motifs is 2. The summed E-state index contributed by atoms with van der Waals surface area (Å²) in [5.74, 6) is -2.32. The van der Waals surface area contributed by atoms with Gasteiger partial charge in [0.25, 0.3) is 11.8 Å². The first-order valence-electron chi connectivity index (χ1n) is 9.99. The summed E-state index contributed by atoms with van der Waals surface area (Å²) < 4.78 is 42.4. The fourth-order valence-corrected chi connectivity index (χ4v) is 5.79. The number of halogens is 3. The van der Waals surface area contributed by atoms with Gasteiger partial charge in [-0.25, -0.2) is 13.2 Å². The summed E-state index contributed by atoms with van der Waals surface area (Å²) in [5.41, 5.74) is 1.19. The summed E-state index contributed by atoms with van der Waals surface area (Å²) in [7, 11) is 0. The van der Waals surface area contributed by atoms with E-state index < -0.39 is 34.1 Å². The lowest BCUT2D eigenvalue weighted by Crippen LogP contribution is -2.50. The molecule has 0 aliphatic carbocycles. The minimum absolute atomic E-state index is 0.0548. The Morgan fingerprint density at radius 3 is 2.53 bits per heavy atom. The average Bonchev–Trinajstić information content (AvgIpc) is 3.31. The second kappa shape index (κ2) is 7.70. The van der Waals surface area contributed by atoms with Crippen LogP contribution in [0.2, 0.25) is 0 Å². The Labute approximate surface area is 186 Å². The van der Waals surface area contributed by atoms with Crippen LogP contribution in [0.4, 0.5) is 18.9 Å². The van der Waals surface area contributed by atoms with Crippen molar-refractivity contribution in [2.24, 2.45) is 0 Å². The van der Waals surface area contributed by atoms with E-state index in [0.717, 1.165) is 0 Å². The molecule has 1 spiro atoms. The minimum Gasteiger partial charge on any atom is -0.311 e. The van der Waals surface area contributed by atoms with Gasteiger partial charge >= 0.3 is 0 Å². The smallest absolute Gasteiger partial charge is 0.268 e. The number of carbonyl (C=O) groups excluding carboxylic acids is 2. The Balaban J connectivity index is 1.61. The predicted octanol–water partition coefficient (Wildman–Crippen LogP) is 4.69. The van der Waals surface area contributed by atoms with Crippen molar-refractivity contribution in [3.8, 4) is 0 Å². The summed E-state index contributed by atoms with van der Waals surface area (Å²) >= 11 is 1.22. The number of hydrogen-bond acceptors (Lipinski definition) is 3. The second-order valence-electron chi connectivity index (χ2n) is 7.61. The van der Waals surface area contributed by atoms with E-state index in [4.69, 9.17) is 0 Å². The molecule has 0 unspecified atom stereocenters. The van der Waals surface area contributed by atoms with Crippen molar-refractivity contribution in [3.63, 3.8) is 0 Å². The number of hydrogen-bond donors (Lipinski definition) is 0. The summed E-state index contributed by atoms with van der Waals surface area (Å²) in [6, 6.07) is 15.4. The summed E-state index contributed by atoms with van der Waals surface area (Å²) in [5, 5.41) is 0. The highest BCUT2D eigenvalue weighted by Crippen LogP contribution is 2.55. The lowest BCUT2D eigenvalue weighted by molar-refractivity contribution is -0.123. The standard InChI is InChI=1S/C24H17F3N2O2S/c25-16-5-3-4-15(12-16)14-28-21-9-8-17(26)13-19(21)24(23(28)31)29(10-11-32-24)22(30)18-6-1-2-7-20(18)27/h1-9,12-13H,10-11,14H2/t24-/m0/s1. The van der Waals surface area contributed by atoms with Gasteiger partial charge in [-0.2, -0.15) is 0 Å². The largest absolute Gasteiger partial charge is 0.311 e. The van der Waals surface area contributed by atoms with Gasteiger partial charge in [-0.05, 0) is 48.0 Å². The number of anilines is 1. The van der Waals surface area contributed by atoms with Crippen LogP contribution in [0.3, 0.4) is 0 Å². The molecular formula is C24H17F3N2O2S. The van der Waals surface area contributed by atoms with Crippen LogP contribution in [0.1, 0.15) is 21.5 Å². The molecular weight excluding hydrogens is 437 g/mol. The van der Waals surface area contributed by atoms with Crippen molar-refractivity contribution in [1.82, 2.24) is 4.90 Å². The average molecular weight is 454 g/mol. The van der Waals surface area contributed by atoms with Gasteiger partial charge in [0, 0.05) is 17.9 Å². The molecule has 4 nitrogen and oxygen atoms in total. The van der Waals surface area contributed by atoms with Gasteiger partial charge in [0.2, 0.25) is 0 Å². The summed E-state index contributed by atoms with van der Waals surface area (Å²) in [6.07, 6.45) is 0. The molecule has 1 saturated heterocycles. The van der Waals surface area contributed by atoms with Crippen LogP contribution in [0.15, 0.2) is 66.7 Å². The molecule has 2 heterocycles. The third-order valence-corrected chi connectivity index (χ3v) is 7.15. The van der Waals surface area contributed by atoms with E-state index in [9.17, 15) is 22.8 Å². The van der Waals surface area contributed by atoms with Gasteiger partial charge < -0.3 is 9.80 Å². The molecule has 2 amide bonds. The second-order valence-corrected chi connectivity index (χ2v) is 8.90. The predicted molar refractivity (Wildman–Crippen MR) is 116 cm³/mol. The van der Waals surface area contributed by atoms with Gasteiger partial charge in [0.1, 0.15) is 17.5 Å². The molecule has 1 atom stereocenters. The van der Waals surface area contributed by atoms with Gasteiger partial charge in [-0.15, -0.1) is 11.8 Å². The number of rotatable bonds is 3. The third kappa shape index (κ3) is 3.09. The zero-order chi connectivity index (χ0) is 22.5. The van der Waals surface area contributed by atoms with E-state index in [-0.39, 0.29) is 18.7 Å². The molecule has 0 bridgehead atoms. The number of benzene rings is 3. The SMILES string of the molecule is O=C(c1ccccc1F)N1CCS[C@@]12C(=O)N(Cc1cccc(F)c1)c1ccc(F)cc12. The van der Waals surface area contributed by atoms with Gasteiger partial charge in [0.15, 0.2) is 4.87 Å². The quantitative estimate of drug-likeness (QED) is 0.577. The van der Waals surface area contributed by atoms with E-state index in [0.29, 0.717) is 22.6 Å². The summed E-state index contributed by atoms with van der Waals surface area (Å²) in [4.78, 5) is 28.4. The number of thioether (sulfide) groups is 1. The first-order valence-corrected chi connectivity index (χ1v) is 11.0. The summed E-state index contributed by atoms with van der Waals surface area (Å²) in [6.45, 7) is 0.257. The molecule has 5 rings (SSSR count). The Kier molecular flexibility index (Phi) is 4.97. The molecule has 0 N–H and O–H groups in total. The van der Waals surface area contributed by atoms with E-state index in [1.165, 1.54) is 70.1 Å². The number of carbonyl (C=O) groups is 2. The molecule has 0 radical (unpaired) electrons. The van der Waals surface area contributed by atoms with Crippen LogP contribution in [-0.2, 0) is 16.2 Å². The van der Waals surface area contributed by atoms with E-state index in [1.54, 1.807) is 18.2 Å². The van der Waals surface area contributed by atoms with Crippen molar-refractivity contribution in [2.75, 3.05) is 17.2 Å². The fraction of sp³-hybridized carbons (Fsp3) is 0.167. The molecule has 1 fully saturated rings. The lowest BCUT2D eigenvalue weighted by Gasteiger charge is -2.33. The zero-order valence-electron chi connectivity index (χ0n) is 16.7. The van der Waals surface area contributed by atoms with E-state index >= 15 is 0 Å². The Bertz CT molecular complexity index is 1250. The van der Waals surface area contributed by atoms with Crippen molar-refractivity contribution in [1.29, 1.82) is 0 Å². The maximum Gasteiger partial charge on any atom is 0.268 e. The molecule has 3 aromatic rings. The van der Waals surface area contributed by atoms with Gasteiger partial charge in [-0.3, -0.25) is 9.59 Å². The highest BCUT2D eigenvalue weighted by Gasteiger charge is 2.59. The third-order valence-electron chi connectivity index (χ3n) is 5.73. The normalized spacial score (nSPS) is 19.7. The van der Waals surface area contributed by atoms with Crippen molar-refractivity contribution in [2.45, 2.75) is 11.4 Å².